The van der Waals surface area contributed by atoms with Crippen LogP contribution in [0.4, 0.5) is 0 Å². The number of nitrogens with zero attached hydrogens (tertiary/aromatic N) is 1. The molecule has 4 rings (SSSR count). The number of pyridine rings is 1. The van der Waals surface area contributed by atoms with Crippen LogP contribution in [0.25, 0.3) is 10.9 Å². The predicted octanol–water partition coefficient (Wildman–Crippen LogP) is 2.17. The zero-order valence-corrected chi connectivity index (χ0v) is 12.9. The number of amides is 2. The number of carbonyl (C=O) groups is 2. The monoisotopic (exact) mass is 333 g/mol. The first kappa shape index (κ1) is 14.4. The molecule has 7 heteroatoms. The van der Waals surface area contributed by atoms with Gasteiger partial charge in [0.2, 0.25) is 0 Å². The maximum Gasteiger partial charge on any atom is 0.268 e. The number of hydrogen-bond acceptors (Lipinski definition) is 4. The molecule has 0 bridgehead atoms. The predicted molar refractivity (Wildman–Crippen MR) is 86.2 cm³/mol. The molecule has 2 aliphatic rings. The van der Waals surface area contributed by atoms with E-state index in [-0.39, 0.29) is 19.8 Å². The fourth-order valence-electron chi connectivity index (χ4n) is 2.69. The topological polar surface area (TPSA) is 80.3 Å². The van der Waals surface area contributed by atoms with Gasteiger partial charge >= 0.3 is 0 Å². The third kappa shape index (κ3) is 2.75. The maximum atomic E-state index is 12.2. The Morgan fingerprint density at radius 1 is 1.39 bits per heavy atom. The Balaban J connectivity index is 0.00000169. The van der Waals surface area contributed by atoms with Crippen molar-refractivity contribution in [2.24, 2.45) is 0 Å². The number of nitrogens with one attached hydrogen (secondary N) is 2. The smallest absolute Gasteiger partial charge is 0.268 e. The number of rotatable bonds is 3. The van der Waals surface area contributed by atoms with E-state index in [1.54, 1.807) is 6.07 Å². The quantitative estimate of drug-likeness (QED) is 0.902. The summed E-state index contributed by atoms with van der Waals surface area (Å²) in [4.78, 5) is 32.8. The first-order valence-electron chi connectivity index (χ1n) is 7.43. The van der Waals surface area contributed by atoms with Crippen LogP contribution in [0.2, 0.25) is 5.02 Å². The van der Waals surface area contributed by atoms with Crippen LogP contribution in [0, 0.1) is 0 Å². The number of benzene rings is 1. The lowest BCUT2D eigenvalue weighted by Gasteiger charge is -2.10. The molecule has 1 aromatic heterocycles. The molecule has 23 heavy (non-hydrogen) atoms. The Bertz CT molecular complexity index is 826. The SMILES string of the molecule is O=C(N[C@H]1CONC1=O)c1cnc2cc(C3CC3)c(Cl)cc2c1.[HH]. The second-order valence-corrected chi connectivity index (χ2v) is 6.28. The summed E-state index contributed by atoms with van der Waals surface area (Å²) in [6.07, 6.45) is 3.84. The van der Waals surface area contributed by atoms with Crippen LogP contribution in [0.15, 0.2) is 24.4 Å². The highest BCUT2D eigenvalue weighted by molar-refractivity contribution is 6.32. The van der Waals surface area contributed by atoms with Crippen molar-refractivity contribution in [2.45, 2.75) is 24.8 Å². The molecule has 1 aromatic carbocycles. The molecule has 2 aromatic rings. The molecular formula is C16H16ClN3O3. The molecule has 2 fully saturated rings. The summed E-state index contributed by atoms with van der Waals surface area (Å²) in [5.74, 6) is -0.186. The lowest BCUT2D eigenvalue weighted by atomic mass is 10.1. The highest BCUT2D eigenvalue weighted by atomic mass is 35.5. The van der Waals surface area contributed by atoms with Crippen LogP contribution in [-0.2, 0) is 9.63 Å². The average molecular weight is 334 g/mol. The number of aromatic nitrogens is 1. The minimum absolute atomic E-state index is 0. The summed E-state index contributed by atoms with van der Waals surface area (Å²) in [5, 5.41) is 4.13. The third-order valence-corrected chi connectivity index (χ3v) is 4.45. The molecule has 2 heterocycles. The first-order valence-corrected chi connectivity index (χ1v) is 7.81. The molecular weight excluding hydrogens is 318 g/mol. The van der Waals surface area contributed by atoms with Gasteiger partial charge in [0.15, 0.2) is 0 Å². The van der Waals surface area contributed by atoms with Crippen LogP contribution in [0.3, 0.4) is 0 Å². The van der Waals surface area contributed by atoms with E-state index in [4.69, 9.17) is 16.4 Å². The van der Waals surface area contributed by atoms with Crippen LogP contribution in [0.5, 0.6) is 0 Å². The maximum absolute atomic E-state index is 12.2. The molecule has 1 aliphatic heterocycles. The number of carbonyl (C=O) groups excluding carboxylic acids is 2. The molecule has 2 N–H and O–H groups in total. The van der Waals surface area contributed by atoms with Crippen molar-refractivity contribution in [3.63, 3.8) is 0 Å². The number of fused-ring (bicyclic) bond motifs is 1. The summed E-state index contributed by atoms with van der Waals surface area (Å²) < 4.78 is 0. The van der Waals surface area contributed by atoms with Gasteiger partial charge in [-0.05, 0) is 42.5 Å². The summed E-state index contributed by atoms with van der Waals surface area (Å²) in [6, 6.07) is 4.89. The van der Waals surface area contributed by atoms with E-state index in [9.17, 15) is 9.59 Å². The van der Waals surface area contributed by atoms with Crippen LogP contribution in [0.1, 0.15) is 36.1 Å². The molecule has 0 radical (unpaired) electrons. The molecule has 120 valence electrons. The Morgan fingerprint density at radius 3 is 2.91 bits per heavy atom. The van der Waals surface area contributed by atoms with E-state index in [0.717, 1.165) is 29.3 Å². The standard InChI is InChI=1S/C16H14ClN3O3.H2/c17-12-4-9-3-10(15(21)19-14-7-23-20-16(14)22)6-18-13(9)5-11(12)8-1-2-8;/h3-6,8,14H,1-2,7H2,(H,19,21)(H,20,22);1H/t14-;/m0./s1. The Kier molecular flexibility index (Phi) is 3.43. The summed E-state index contributed by atoms with van der Waals surface area (Å²) in [5.41, 5.74) is 4.52. The number of hydroxylamine groups is 1. The van der Waals surface area contributed by atoms with E-state index in [2.05, 4.69) is 15.8 Å². The zero-order valence-electron chi connectivity index (χ0n) is 12.1. The summed E-state index contributed by atoms with van der Waals surface area (Å²) in [7, 11) is 0. The van der Waals surface area contributed by atoms with E-state index < -0.39 is 6.04 Å². The van der Waals surface area contributed by atoms with Gasteiger partial charge < -0.3 is 5.32 Å². The van der Waals surface area contributed by atoms with Gasteiger partial charge in [-0.1, -0.05) is 11.6 Å². The van der Waals surface area contributed by atoms with E-state index in [1.807, 2.05) is 12.1 Å². The van der Waals surface area contributed by atoms with Gasteiger partial charge in [-0.3, -0.25) is 19.4 Å². The van der Waals surface area contributed by atoms with Gasteiger partial charge in [0.25, 0.3) is 11.8 Å². The lowest BCUT2D eigenvalue weighted by Crippen LogP contribution is -2.41. The van der Waals surface area contributed by atoms with Gasteiger partial charge in [-0.25, -0.2) is 5.48 Å². The van der Waals surface area contributed by atoms with Crippen molar-refractivity contribution in [3.05, 3.63) is 40.5 Å². The van der Waals surface area contributed by atoms with Gasteiger partial charge in [-0.15, -0.1) is 0 Å². The Morgan fingerprint density at radius 2 is 2.22 bits per heavy atom. The molecule has 1 aliphatic carbocycles. The highest BCUT2D eigenvalue weighted by Gasteiger charge is 2.28. The molecule has 0 unspecified atom stereocenters. The normalized spacial score (nSPS) is 20.6. The van der Waals surface area contributed by atoms with Gasteiger partial charge in [-0.2, -0.15) is 0 Å². The van der Waals surface area contributed by atoms with Gasteiger partial charge in [0, 0.05) is 18.0 Å². The van der Waals surface area contributed by atoms with Crippen molar-refractivity contribution < 1.29 is 15.9 Å². The minimum Gasteiger partial charge on any atom is -0.338 e. The van der Waals surface area contributed by atoms with Crippen LogP contribution < -0.4 is 10.8 Å². The fourth-order valence-corrected chi connectivity index (χ4v) is 3.01. The first-order chi connectivity index (χ1) is 11.1. The Hall–Kier alpha value is -2.18. The van der Waals surface area contributed by atoms with Crippen molar-refractivity contribution in [3.8, 4) is 0 Å². The lowest BCUT2D eigenvalue weighted by molar-refractivity contribution is -0.125. The van der Waals surface area contributed by atoms with Crippen molar-refractivity contribution in [1.29, 1.82) is 0 Å². The summed E-state index contributed by atoms with van der Waals surface area (Å²) >= 11 is 6.33. The largest absolute Gasteiger partial charge is 0.338 e. The second-order valence-electron chi connectivity index (χ2n) is 5.87. The highest BCUT2D eigenvalue weighted by Crippen LogP contribution is 2.44. The average Bonchev–Trinajstić information content (AvgIpc) is 3.30. The Labute approximate surface area is 138 Å². The zero-order chi connectivity index (χ0) is 16.0. The molecule has 1 saturated carbocycles. The van der Waals surface area contributed by atoms with Crippen LogP contribution >= 0.6 is 11.6 Å². The molecule has 0 spiro atoms. The number of hydrogen-bond donors (Lipinski definition) is 2. The fraction of sp³-hybridized carbons (Fsp3) is 0.312. The van der Waals surface area contributed by atoms with Crippen molar-refractivity contribution in [2.75, 3.05) is 6.61 Å². The summed E-state index contributed by atoms with van der Waals surface area (Å²) in [6.45, 7) is 0.113. The molecule has 6 nitrogen and oxygen atoms in total. The molecule has 1 saturated heterocycles. The van der Waals surface area contributed by atoms with Crippen molar-refractivity contribution in [1.82, 2.24) is 15.8 Å². The third-order valence-electron chi connectivity index (χ3n) is 4.12. The molecule has 2 amide bonds. The van der Waals surface area contributed by atoms with E-state index >= 15 is 0 Å². The second kappa shape index (κ2) is 5.47. The van der Waals surface area contributed by atoms with Gasteiger partial charge in [0.1, 0.15) is 12.6 Å². The number of halogens is 1. The van der Waals surface area contributed by atoms with Gasteiger partial charge in [0.05, 0.1) is 11.1 Å². The molecule has 1 atom stereocenters. The van der Waals surface area contributed by atoms with Crippen molar-refractivity contribution >= 4 is 34.3 Å². The minimum atomic E-state index is -0.681. The van der Waals surface area contributed by atoms with Crippen LogP contribution in [-0.4, -0.2) is 29.4 Å². The van der Waals surface area contributed by atoms with E-state index in [0.29, 0.717) is 16.5 Å². The van der Waals surface area contributed by atoms with E-state index in [1.165, 1.54) is 6.20 Å².